The number of ether oxygens (including phenoxy) is 1. The third-order valence-corrected chi connectivity index (χ3v) is 5.39. The number of rotatable bonds is 8. The molecule has 0 spiro atoms. The zero-order valence-electron chi connectivity index (χ0n) is 17.9. The van der Waals surface area contributed by atoms with Gasteiger partial charge in [-0.25, -0.2) is 9.97 Å². The molecule has 2 aromatic heterocycles. The van der Waals surface area contributed by atoms with E-state index in [0.29, 0.717) is 28.9 Å². The number of anilines is 2. The molecule has 3 heterocycles. The summed E-state index contributed by atoms with van der Waals surface area (Å²) in [6.45, 7) is 12.4. The first-order valence-electron chi connectivity index (χ1n) is 10.4. The fraction of sp³-hybridized carbons (Fsp3) is 0.500. The molecule has 0 aromatic carbocycles. The number of nitrogen functional groups attached to an aromatic ring is 1. The van der Waals surface area contributed by atoms with Gasteiger partial charge < -0.3 is 15.4 Å². The predicted molar refractivity (Wildman–Crippen MR) is 118 cm³/mol. The van der Waals surface area contributed by atoms with Crippen molar-refractivity contribution in [3.63, 3.8) is 0 Å². The second-order valence-corrected chi connectivity index (χ2v) is 7.66. The molecule has 3 N–H and O–H groups in total. The third-order valence-electron chi connectivity index (χ3n) is 5.39. The number of nitrogens with one attached hydrogen (secondary N) is 1. The summed E-state index contributed by atoms with van der Waals surface area (Å²) in [5.41, 5.74) is 8.33. The van der Waals surface area contributed by atoms with E-state index >= 15 is 0 Å². The van der Waals surface area contributed by atoms with Gasteiger partial charge in [0.25, 0.3) is 0 Å². The van der Waals surface area contributed by atoms with Crippen LogP contribution in [0.5, 0.6) is 5.88 Å². The van der Waals surface area contributed by atoms with Gasteiger partial charge in [0.1, 0.15) is 5.82 Å². The molecule has 1 fully saturated rings. The molecular weight excluding hydrogens is 364 g/mol. The molecule has 2 aromatic rings. The fourth-order valence-electron chi connectivity index (χ4n) is 3.86. The number of aromatic nitrogens is 2. The van der Waals surface area contributed by atoms with Crippen LogP contribution in [0.2, 0.25) is 0 Å². The van der Waals surface area contributed by atoms with Gasteiger partial charge in [-0.15, -0.1) is 0 Å². The van der Waals surface area contributed by atoms with Crippen LogP contribution >= 0.6 is 0 Å². The van der Waals surface area contributed by atoms with Gasteiger partial charge in [0, 0.05) is 42.5 Å². The maximum absolute atomic E-state index is 8.71. The van der Waals surface area contributed by atoms with Crippen molar-refractivity contribution >= 4 is 17.2 Å². The molecule has 0 aliphatic carbocycles. The summed E-state index contributed by atoms with van der Waals surface area (Å²) < 4.78 is 5.67. The Morgan fingerprint density at radius 2 is 2.07 bits per heavy atom. The van der Waals surface area contributed by atoms with Crippen LogP contribution in [-0.2, 0) is 0 Å². The highest BCUT2D eigenvalue weighted by Gasteiger charge is 2.27. The third kappa shape index (κ3) is 4.85. The minimum Gasteiger partial charge on any atom is -0.475 e. The molecule has 1 aliphatic heterocycles. The summed E-state index contributed by atoms with van der Waals surface area (Å²) >= 11 is 0. The Morgan fingerprint density at radius 1 is 1.31 bits per heavy atom. The second-order valence-electron chi connectivity index (χ2n) is 7.66. The lowest BCUT2D eigenvalue weighted by molar-refractivity contribution is 0.232. The van der Waals surface area contributed by atoms with Gasteiger partial charge in [-0.3, -0.25) is 10.3 Å². The van der Waals surface area contributed by atoms with E-state index in [1.165, 1.54) is 0 Å². The van der Waals surface area contributed by atoms with Gasteiger partial charge in [-0.2, -0.15) is 0 Å². The highest BCUT2D eigenvalue weighted by molar-refractivity contribution is 6.14. The van der Waals surface area contributed by atoms with Gasteiger partial charge in [0.2, 0.25) is 5.88 Å². The van der Waals surface area contributed by atoms with E-state index in [2.05, 4.69) is 33.6 Å². The second kappa shape index (κ2) is 9.22. The molecule has 1 aliphatic rings. The fourth-order valence-corrected chi connectivity index (χ4v) is 3.86. The van der Waals surface area contributed by atoms with Crippen molar-refractivity contribution in [1.82, 2.24) is 14.9 Å². The lowest BCUT2D eigenvalue weighted by Crippen LogP contribution is -2.37. The summed E-state index contributed by atoms with van der Waals surface area (Å²) in [5, 5.41) is 8.71. The number of hydrogen-bond donors (Lipinski definition) is 2. The van der Waals surface area contributed by atoms with Crippen molar-refractivity contribution in [3.8, 4) is 5.88 Å². The molecule has 29 heavy (non-hydrogen) atoms. The molecule has 7 nitrogen and oxygen atoms in total. The Morgan fingerprint density at radius 3 is 2.76 bits per heavy atom. The molecule has 7 heteroatoms. The molecule has 0 amide bonds. The molecule has 156 valence electrons. The van der Waals surface area contributed by atoms with E-state index < -0.39 is 0 Å². The van der Waals surface area contributed by atoms with Crippen molar-refractivity contribution in [2.24, 2.45) is 0 Å². The Kier molecular flexibility index (Phi) is 6.69. The number of likely N-dealkylation sites (N-methyl/N-ethyl adjacent to an activating group) is 1. The Hall–Kier alpha value is -2.67. The zero-order valence-corrected chi connectivity index (χ0v) is 17.9. The largest absolute Gasteiger partial charge is 0.475 e. The summed E-state index contributed by atoms with van der Waals surface area (Å²) in [7, 11) is 0. The van der Waals surface area contributed by atoms with Crippen molar-refractivity contribution in [3.05, 3.63) is 41.7 Å². The van der Waals surface area contributed by atoms with Gasteiger partial charge in [-0.05, 0) is 45.5 Å². The smallest absolute Gasteiger partial charge is 0.214 e. The highest BCUT2D eigenvalue weighted by Crippen LogP contribution is 2.25. The van der Waals surface area contributed by atoms with Crippen molar-refractivity contribution in [1.29, 1.82) is 5.41 Å². The molecule has 1 unspecified atom stereocenters. The van der Waals surface area contributed by atoms with Crippen molar-refractivity contribution in [2.45, 2.75) is 46.3 Å². The summed E-state index contributed by atoms with van der Waals surface area (Å²) in [6, 6.07) is 6.13. The summed E-state index contributed by atoms with van der Waals surface area (Å²) in [6.07, 6.45) is 4.47. The monoisotopic (exact) mass is 396 g/mol. The molecule has 3 rings (SSSR count). The van der Waals surface area contributed by atoms with Crippen LogP contribution in [0.1, 0.15) is 45.2 Å². The van der Waals surface area contributed by atoms with E-state index in [1.54, 1.807) is 18.5 Å². The van der Waals surface area contributed by atoms with Crippen molar-refractivity contribution < 1.29 is 4.74 Å². The maximum Gasteiger partial charge on any atom is 0.214 e. The van der Waals surface area contributed by atoms with Crippen molar-refractivity contribution in [2.75, 3.05) is 36.8 Å². The van der Waals surface area contributed by atoms with Crippen LogP contribution in [0.4, 0.5) is 11.5 Å². The first kappa shape index (κ1) is 21.0. The van der Waals surface area contributed by atoms with Gasteiger partial charge in [0.15, 0.2) is 0 Å². The lowest BCUT2D eigenvalue weighted by Gasteiger charge is -2.26. The Labute approximate surface area is 173 Å². The average Bonchev–Trinajstić information content (AvgIpc) is 3.19. The molecule has 1 atom stereocenters. The van der Waals surface area contributed by atoms with E-state index in [9.17, 15) is 0 Å². The number of pyridine rings is 2. The topological polar surface area (TPSA) is 91.4 Å². The summed E-state index contributed by atoms with van der Waals surface area (Å²) in [4.78, 5) is 13.6. The van der Waals surface area contributed by atoms with Crippen LogP contribution in [0, 0.1) is 5.41 Å². The SMILES string of the molecule is CCN(CC)C1CCN(c2cc(C(=N)c3cc(OC(C)C)ncc3N)ccn2)C1. The van der Waals surface area contributed by atoms with Crippen LogP contribution in [0.25, 0.3) is 0 Å². The minimum absolute atomic E-state index is 0.00889. The number of nitrogens with zero attached hydrogens (tertiary/aromatic N) is 4. The molecule has 0 saturated carbocycles. The Balaban J connectivity index is 1.80. The maximum atomic E-state index is 8.71. The number of hydrogen-bond acceptors (Lipinski definition) is 7. The van der Waals surface area contributed by atoms with Crippen LogP contribution in [-0.4, -0.2) is 58.9 Å². The lowest BCUT2D eigenvalue weighted by atomic mass is 10.0. The Bertz CT molecular complexity index is 849. The van der Waals surface area contributed by atoms with Crippen LogP contribution in [0.15, 0.2) is 30.6 Å². The first-order chi connectivity index (χ1) is 13.9. The highest BCUT2D eigenvalue weighted by atomic mass is 16.5. The van der Waals surface area contributed by atoms with Crippen LogP contribution < -0.4 is 15.4 Å². The molecule has 1 saturated heterocycles. The zero-order chi connectivity index (χ0) is 21.0. The normalized spacial score (nSPS) is 16.6. The minimum atomic E-state index is 0.00889. The van der Waals surface area contributed by atoms with E-state index in [1.807, 2.05) is 26.0 Å². The predicted octanol–water partition coefficient (Wildman–Crippen LogP) is 3.18. The van der Waals surface area contributed by atoms with E-state index in [-0.39, 0.29) is 6.10 Å². The number of nitrogens with two attached hydrogens (primary N) is 1. The summed E-state index contributed by atoms with van der Waals surface area (Å²) in [5.74, 6) is 1.39. The standard InChI is InChI=1S/C22H32N6O/c1-5-27(6-2)17-8-10-28(14-17)20-11-16(7-9-25-20)22(24)18-12-21(29-15(3)4)26-13-19(18)23/h7,9,11-13,15,17,24H,5-6,8,10,14,23H2,1-4H3. The van der Waals surface area contributed by atoms with Gasteiger partial charge in [-0.1, -0.05) is 13.8 Å². The van der Waals surface area contributed by atoms with Crippen LogP contribution in [0.3, 0.4) is 0 Å². The quantitative estimate of drug-likeness (QED) is 0.666. The molecular formula is C22H32N6O. The average molecular weight is 397 g/mol. The van der Waals surface area contributed by atoms with E-state index in [4.69, 9.17) is 15.9 Å². The van der Waals surface area contributed by atoms with Gasteiger partial charge in [0.05, 0.1) is 23.7 Å². The first-order valence-corrected chi connectivity index (χ1v) is 10.4. The molecule has 0 bridgehead atoms. The van der Waals surface area contributed by atoms with E-state index in [0.717, 1.165) is 44.0 Å². The molecule has 0 radical (unpaired) electrons. The van der Waals surface area contributed by atoms with Gasteiger partial charge >= 0.3 is 0 Å².